The minimum Gasteiger partial charge on any atom is -0.496 e. The van der Waals surface area contributed by atoms with Crippen LogP contribution in [0.15, 0.2) is 42.5 Å². The summed E-state index contributed by atoms with van der Waals surface area (Å²) in [7, 11) is 1.64. The quantitative estimate of drug-likeness (QED) is 0.839. The van der Waals surface area contributed by atoms with Crippen LogP contribution in [0.2, 0.25) is 0 Å². The van der Waals surface area contributed by atoms with Crippen molar-refractivity contribution in [1.82, 2.24) is 0 Å². The standard InChI is InChI=1S/C15H17NO2/c1-11-4-3-5-14(8-11)18-10-12-9-13(16)6-7-15(12)17-2/h3-9H,10,16H2,1-2H3. The van der Waals surface area contributed by atoms with Crippen molar-refractivity contribution in [3.8, 4) is 11.5 Å². The van der Waals surface area contributed by atoms with Gasteiger partial charge in [-0.2, -0.15) is 0 Å². The van der Waals surface area contributed by atoms with Crippen LogP contribution in [0.5, 0.6) is 11.5 Å². The Balaban J connectivity index is 2.12. The summed E-state index contributed by atoms with van der Waals surface area (Å²) in [6.45, 7) is 2.48. The van der Waals surface area contributed by atoms with E-state index < -0.39 is 0 Å². The monoisotopic (exact) mass is 243 g/mol. The first-order valence-corrected chi connectivity index (χ1v) is 5.81. The zero-order valence-corrected chi connectivity index (χ0v) is 10.6. The van der Waals surface area contributed by atoms with Crippen LogP contribution in [0, 0.1) is 6.92 Å². The molecule has 2 N–H and O–H groups in total. The summed E-state index contributed by atoms with van der Waals surface area (Å²) in [4.78, 5) is 0. The van der Waals surface area contributed by atoms with Crippen molar-refractivity contribution in [3.63, 3.8) is 0 Å². The van der Waals surface area contributed by atoms with E-state index in [2.05, 4.69) is 0 Å². The van der Waals surface area contributed by atoms with E-state index in [1.807, 2.05) is 49.4 Å². The van der Waals surface area contributed by atoms with Crippen LogP contribution < -0.4 is 15.2 Å². The molecule has 0 aliphatic rings. The Bertz CT molecular complexity index is 538. The first-order chi connectivity index (χ1) is 8.69. The maximum Gasteiger partial charge on any atom is 0.125 e. The van der Waals surface area contributed by atoms with Gasteiger partial charge in [0.25, 0.3) is 0 Å². The molecule has 0 fully saturated rings. The van der Waals surface area contributed by atoms with Gasteiger partial charge in [0.2, 0.25) is 0 Å². The molecule has 0 heterocycles. The number of hydrogen-bond acceptors (Lipinski definition) is 3. The third kappa shape index (κ3) is 2.94. The van der Waals surface area contributed by atoms with E-state index in [9.17, 15) is 0 Å². The number of methoxy groups -OCH3 is 1. The molecule has 0 aliphatic carbocycles. The van der Waals surface area contributed by atoms with Gasteiger partial charge in [-0.25, -0.2) is 0 Å². The van der Waals surface area contributed by atoms with Gasteiger partial charge in [-0.15, -0.1) is 0 Å². The maximum atomic E-state index is 5.76. The molecule has 3 heteroatoms. The molecule has 2 rings (SSSR count). The minimum atomic E-state index is 0.442. The van der Waals surface area contributed by atoms with Crippen molar-refractivity contribution >= 4 is 5.69 Å². The first-order valence-electron chi connectivity index (χ1n) is 5.81. The van der Waals surface area contributed by atoms with E-state index in [0.717, 1.165) is 17.1 Å². The molecule has 0 saturated heterocycles. The lowest BCUT2D eigenvalue weighted by Crippen LogP contribution is -2.00. The SMILES string of the molecule is COc1ccc(N)cc1COc1cccc(C)c1. The van der Waals surface area contributed by atoms with E-state index in [4.69, 9.17) is 15.2 Å². The molecular weight excluding hydrogens is 226 g/mol. The van der Waals surface area contributed by atoms with Crippen molar-refractivity contribution < 1.29 is 9.47 Å². The number of rotatable bonds is 4. The molecule has 0 aliphatic heterocycles. The molecule has 0 spiro atoms. The summed E-state index contributed by atoms with van der Waals surface area (Å²) in [5, 5.41) is 0. The number of nitrogens with two attached hydrogens (primary N) is 1. The Labute approximate surface area is 107 Å². The smallest absolute Gasteiger partial charge is 0.125 e. The Hall–Kier alpha value is -2.16. The van der Waals surface area contributed by atoms with Crippen molar-refractivity contribution in [3.05, 3.63) is 53.6 Å². The van der Waals surface area contributed by atoms with Gasteiger partial charge in [-0.1, -0.05) is 12.1 Å². The molecule has 3 nitrogen and oxygen atoms in total. The van der Waals surface area contributed by atoms with Crippen LogP contribution in [0.3, 0.4) is 0 Å². The van der Waals surface area contributed by atoms with Crippen molar-refractivity contribution in [2.24, 2.45) is 0 Å². The zero-order chi connectivity index (χ0) is 13.0. The normalized spacial score (nSPS) is 10.1. The lowest BCUT2D eigenvalue weighted by atomic mass is 10.2. The van der Waals surface area contributed by atoms with Crippen LogP contribution >= 0.6 is 0 Å². The number of aryl methyl sites for hydroxylation is 1. The Morgan fingerprint density at radius 2 is 1.94 bits per heavy atom. The van der Waals surface area contributed by atoms with Gasteiger partial charge in [0.1, 0.15) is 18.1 Å². The van der Waals surface area contributed by atoms with Crippen LogP contribution in [0.25, 0.3) is 0 Å². The predicted octanol–water partition coefficient (Wildman–Crippen LogP) is 3.16. The Kier molecular flexibility index (Phi) is 3.72. The van der Waals surface area contributed by atoms with E-state index in [1.165, 1.54) is 5.56 Å². The van der Waals surface area contributed by atoms with Crippen LogP contribution in [-0.4, -0.2) is 7.11 Å². The Morgan fingerprint density at radius 3 is 2.67 bits per heavy atom. The number of ether oxygens (including phenoxy) is 2. The van der Waals surface area contributed by atoms with Gasteiger partial charge in [0, 0.05) is 11.3 Å². The lowest BCUT2D eigenvalue weighted by Gasteiger charge is -2.11. The molecule has 18 heavy (non-hydrogen) atoms. The molecule has 0 atom stereocenters. The molecule has 2 aromatic carbocycles. The molecule has 94 valence electrons. The fourth-order valence-electron chi connectivity index (χ4n) is 1.78. The summed E-state index contributed by atoms with van der Waals surface area (Å²) in [6, 6.07) is 13.5. The summed E-state index contributed by atoms with van der Waals surface area (Å²) in [5.41, 5.74) is 8.59. The fraction of sp³-hybridized carbons (Fsp3) is 0.200. The molecule has 0 radical (unpaired) electrons. The van der Waals surface area contributed by atoms with Gasteiger partial charge in [-0.05, 0) is 42.8 Å². The molecule has 2 aromatic rings. The highest BCUT2D eigenvalue weighted by Gasteiger charge is 2.04. The highest BCUT2D eigenvalue weighted by Crippen LogP contribution is 2.23. The largest absolute Gasteiger partial charge is 0.496 e. The van der Waals surface area contributed by atoms with Gasteiger partial charge in [-0.3, -0.25) is 0 Å². The van der Waals surface area contributed by atoms with Crippen LogP contribution in [-0.2, 0) is 6.61 Å². The average Bonchev–Trinajstić information content (AvgIpc) is 2.37. The second-order valence-electron chi connectivity index (χ2n) is 4.18. The lowest BCUT2D eigenvalue weighted by molar-refractivity contribution is 0.296. The van der Waals surface area contributed by atoms with E-state index >= 15 is 0 Å². The third-order valence-corrected chi connectivity index (χ3v) is 2.69. The molecule has 0 unspecified atom stereocenters. The van der Waals surface area contributed by atoms with Crippen LogP contribution in [0.1, 0.15) is 11.1 Å². The number of anilines is 1. The number of nitrogen functional groups attached to an aromatic ring is 1. The summed E-state index contributed by atoms with van der Waals surface area (Å²) in [6.07, 6.45) is 0. The minimum absolute atomic E-state index is 0.442. The maximum absolute atomic E-state index is 5.76. The summed E-state index contributed by atoms with van der Waals surface area (Å²) < 4.78 is 11.0. The molecular formula is C15H17NO2. The second-order valence-corrected chi connectivity index (χ2v) is 4.18. The van der Waals surface area contributed by atoms with E-state index in [0.29, 0.717) is 12.3 Å². The molecule has 0 saturated carbocycles. The number of hydrogen-bond donors (Lipinski definition) is 1. The molecule has 0 aromatic heterocycles. The van der Waals surface area contributed by atoms with Gasteiger partial charge in [0.05, 0.1) is 7.11 Å². The van der Waals surface area contributed by atoms with Gasteiger partial charge >= 0.3 is 0 Å². The predicted molar refractivity (Wildman–Crippen MR) is 72.9 cm³/mol. The van der Waals surface area contributed by atoms with Crippen molar-refractivity contribution in [2.75, 3.05) is 12.8 Å². The second kappa shape index (κ2) is 5.45. The highest BCUT2D eigenvalue weighted by atomic mass is 16.5. The van der Waals surface area contributed by atoms with Gasteiger partial charge < -0.3 is 15.2 Å². The van der Waals surface area contributed by atoms with Crippen molar-refractivity contribution in [2.45, 2.75) is 13.5 Å². The first kappa shape index (κ1) is 12.3. The van der Waals surface area contributed by atoms with Crippen molar-refractivity contribution in [1.29, 1.82) is 0 Å². The van der Waals surface area contributed by atoms with Gasteiger partial charge in [0.15, 0.2) is 0 Å². The van der Waals surface area contributed by atoms with E-state index in [-0.39, 0.29) is 0 Å². The highest BCUT2D eigenvalue weighted by molar-refractivity contribution is 5.47. The molecule has 0 amide bonds. The number of benzene rings is 2. The van der Waals surface area contributed by atoms with E-state index in [1.54, 1.807) is 7.11 Å². The summed E-state index contributed by atoms with van der Waals surface area (Å²) >= 11 is 0. The third-order valence-electron chi connectivity index (χ3n) is 2.69. The molecule has 0 bridgehead atoms. The average molecular weight is 243 g/mol. The zero-order valence-electron chi connectivity index (χ0n) is 10.6. The Morgan fingerprint density at radius 1 is 1.11 bits per heavy atom. The summed E-state index contributed by atoms with van der Waals surface area (Å²) in [5.74, 6) is 1.64. The van der Waals surface area contributed by atoms with Crippen LogP contribution in [0.4, 0.5) is 5.69 Å². The fourth-order valence-corrected chi connectivity index (χ4v) is 1.78. The topological polar surface area (TPSA) is 44.5 Å².